The van der Waals surface area contributed by atoms with Crippen molar-refractivity contribution >= 4 is 29.1 Å². The molecule has 3 fully saturated rings. The lowest BCUT2D eigenvalue weighted by Crippen LogP contribution is -2.64. The van der Waals surface area contributed by atoms with Gasteiger partial charge in [0, 0.05) is 34.7 Å². The number of fused-ring (bicyclic) bond motifs is 5. The van der Waals surface area contributed by atoms with Crippen LogP contribution in [0.1, 0.15) is 72.6 Å². The number of hydrogen-bond acceptors (Lipinski definition) is 5. The maximum atomic E-state index is 15.6. The first-order valence-corrected chi connectivity index (χ1v) is 13.7. The number of carbonyl (C=O) groups is 3. The third-order valence-corrected chi connectivity index (χ3v) is 10.1. The Balaban J connectivity index is 1.76. The molecule has 0 aromatic heterocycles. The van der Waals surface area contributed by atoms with E-state index in [0.29, 0.717) is 12.8 Å². The number of rotatable bonds is 7. The smallest absolute Gasteiger partial charge is 0.306 e. The molecule has 0 amide bonds. The Kier molecular flexibility index (Phi) is 7.32. The van der Waals surface area contributed by atoms with Crippen LogP contribution in [0.5, 0.6) is 0 Å². The summed E-state index contributed by atoms with van der Waals surface area (Å²) in [7, 11) is 0. The van der Waals surface area contributed by atoms with E-state index < -0.39 is 63.9 Å². The second kappa shape index (κ2) is 9.61. The Morgan fingerprint density at radius 1 is 1.25 bits per heavy atom. The van der Waals surface area contributed by atoms with E-state index in [2.05, 4.69) is 0 Å². The van der Waals surface area contributed by atoms with Crippen molar-refractivity contribution in [1.29, 1.82) is 0 Å². The van der Waals surface area contributed by atoms with Crippen LogP contribution in [0.25, 0.3) is 0 Å². The molecular formula is C28H37ClF2O5. The van der Waals surface area contributed by atoms with Crippen molar-refractivity contribution in [1.82, 2.24) is 0 Å². The first-order chi connectivity index (χ1) is 16.9. The fourth-order valence-corrected chi connectivity index (χ4v) is 8.67. The maximum absolute atomic E-state index is 15.6. The lowest BCUT2D eigenvalue weighted by molar-refractivity contribution is -0.204. The van der Waals surface area contributed by atoms with Crippen molar-refractivity contribution in [2.75, 3.05) is 5.88 Å². The molecule has 4 aliphatic rings. The van der Waals surface area contributed by atoms with Crippen LogP contribution in [-0.4, -0.2) is 46.4 Å². The molecular weight excluding hydrogens is 490 g/mol. The van der Waals surface area contributed by atoms with E-state index in [4.69, 9.17) is 16.3 Å². The summed E-state index contributed by atoms with van der Waals surface area (Å²) < 4.78 is 36.6. The summed E-state index contributed by atoms with van der Waals surface area (Å²) in [5.41, 5.74) is -3.84. The summed E-state index contributed by atoms with van der Waals surface area (Å²) in [6.07, 6.45) is 3.12. The third-order valence-electron chi connectivity index (χ3n) is 9.89. The molecule has 0 saturated heterocycles. The zero-order valence-electron chi connectivity index (χ0n) is 21.5. The second-order valence-electron chi connectivity index (χ2n) is 11.8. The van der Waals surface area contributed by atoms with Gasteiger partial charge in [0.2, 0.25) is 5.78 Å². The molecule has 36 heavy (non-hydrogen) atoms. The lowest BCUT2D eigenvalue weighted by Gasteiger charge is -2.60. The largest absolute Gasteiger partial charge is 0.450 e. The van der Waals surface area contributed by atoms with Gasteiger partial charge in [-0.15, -0.1) is 11.6 Å². The van der Waals surface area contributed by atoms with Crippen molar-refractivity contribution in [2.24, 2.45) is 34.5 Å². The van der Waals surface area contributed by atoms with E-state index in [9.17, 15) is 23.9 Å². The molecule has 0 unspecified atom stereocenters. The average Bonchev–Trinajstić information content (AvgIpc) is 3.03. The van der Waals surface area contributed by atoms with Crippen LogP contribution >= 0.6 is 11.6 Å². The summed E-state index contributed by atoms with van der Waals surface area (Å²) in [6, 6.07) is 0. The number of Topliss-reactive ketones (excluding diaryl/α,β-unsaturated/α-hetero) is 1. The number of carbonyl (C=O) groups excluding carboxylic acids is 3. The van der Waals surface area contributed by atoms with E-state index >= 15 is 4.39 Å². The summed E-state index contributed by atoms with van der Waals surface area (Å²) in [5, 5.41) is 11.6. The average molecular weight is 527 g/mol. The van der Waals surface area contributed by atoms with Crippen LogP contribution < -0.4 is 0 Å². The molecule has 0 spiro atoms. The quantitative estimate of drug-likeness (QED) is 0.272. The Morgan fingerprint density at radius 3 is 2.58 bits per heavy atom. The molecule has 0 heterocycles. The van der Waals surface area contributed by atoms with Crippen molar-refractivity contribution in [2.45, 2.75) is 90.5 Å². The highest BCUT2D eigenvalue weighted by molar-refractivity contribution is 6.29. The Labute approximate surface area is 216 Å². The zero-order valence-corrected chi connectivity index (χ0v) is 22.2. The number of aliphatic hydroxyl groups excluding tert-OH is 1. The molecule has 200 valence electrons. The van der Waals surface area contributed by atoms with E-state index in [1.807, 2.05) is 20.8 Å². The Hall–Kier alpha value is -1.60. The summed E-state index contributed by atoms with van der Waals surface area (Å²) in [5.74, 6) is -4.72. The number of ether oxygens (including phenoxy) is 1. The normalized spacial score (nSPS) is 43.6. The number of hydrogen-bond donors (Lipinski definition) is 1. The second-order valence-corrected chi connectivity index (χ2v) is 12.0. The van der Waals surface area contributed by atoms with Crippen molar-refractivity contribution < 1.29 is 33.0 Å². The van der Waals surface area contributed by atoms with Crippen LogP contribution in [0.3, 0.4) is 0 Å². The number of halogens is 3. The molecule has 0 aromatic carbocycles. The highest BCUT2D eigenvalue weighted by Gasteiger charge is 2.73. The molecule has 8 heteroatoms. The van der Waals surface area contributed by atoms with Gasteiger partial charge in [-0.1, -0.05) is 46.6 Å². The highest BCUT2D eigenvalue weighted by Crippen LogP contribution is 2.69. The fraction of sp³-hybridized carbons (Fsp3) is 0.750. The predicted molar refractivity (Wildman–Crippen MR) is 132 cm³/mol. The molecule has 3 saturated carbocycles. The monoisotopic (exact) mass is 526 g/mol. The minimum absolute atomic E-state index is 0.0657. The first kappa shape index (κ1) is 27.4. The summed E-state index contributed by atoms with van der Waals surface area (Å²) in [4.78, 5) is 38.5. The number of alkyl halides is 2. The van der Waals surface area contributed by atoms with Gasteiger partial charge in [0.25, 0.3) is 0 Å². The van der Waals surface area contributed by atoms with Gasteiger partial charge in [0.05, 0.1) is 12.0 Å². The number of esters is 1. The van der Waals surface area contributed by atoms with Crippen molar-refractivity contribution in [3.8, 4) is 0 Å². The Bertz CT molecular complexity index is 1010. The standard InChI is InChI=1S/C28H37ClF2O5/c1-5-6-7-8-22(35)36-28(21(34)14-29)15(2)11-17-16-12-18(30)24-25(31)19(32)9-10-26(24,3)23(16)20(33)13-27(17,28)4/h9-10,15-18,20,23,33H,5-8,11-14H2,1-4H3/t15-,16-,17-,18-,20-,23+,26+,27-,28-/m0/s1. The van der Waals surface area contributed by atoms with Gasteiger partial charge in [0.15, 0.2) is 17.2 Å². The third kappa shape index (κ3) is 3.74. The van der Waals surface area contributed by atoms with Gasteiger partial charge in [-0.2, -0.15) is 0 Å². The number of ketones is 2. The van der Waals surface area contributed by atoms with Gasteiger partial charge in [-0.3, -0.25) is 14.4 Å². The van der Waals surface area contributed by atoms with Gasteiger partial charge < -0.3 is 9.84 Å². The zero-order chi connectivity index (χ0) is 26.6. The Morgan fingerprint density at radius 2 is 1.94 bits per heavy atom. The molecule has 4 aliphatic carbocycles. The molecule has 9 atom stereocenters. The molecule has 0 aliphatic heterocycles. The van der Waals surface area contributed by atoms with Gasteiger partial charge >= 0.3 is 5.97 Å². The van der Waals surface area contributed by atoms with E-state index in [1.54, 1.807) is 6.92 Å². The van der Waals surface area contributed by atoms with E-state index in [1.165, 1.54) is 6.08 Å². The summed E-state index contributed by atoms with van der Waals surface area (Å²) >= 11 is 6.08. The fourth-order valence-electron chi connectivity index (χ4n) is 8.47. The number of aliphatic hydroxyl groups is 1. The van der Waals surface area contributed by atoms with E-state index in [-0.39, 0.29) is 42.6 Å². The summed E-state index contributed by atoms with van der Waals surface area (Å²) in [6.45, 7) is 7.42. The minimum Gasteiger partial charge on any atom is -0.450 e. The molecule has 0 bridgehead atoms. The molecule has 0 aromatic rings. The van der Waals surface area contributed by atoms with Crippen molar-refractivity contribution in [3.63, 3.8) is 0 Å². The van der Waals surface area contributed by atoms with Gasteiger partial charge in [-0.05, 0) is 43.6 Å². The minimum atomic E-state index is -1.69. The maximum Gasteiger partial charge on any atom is 0.306 e. The van der Waals surface area contributed by atoms with Gasteiger partial charge in [0.1, 0.15) is 6.17 Å². The lowest BCUT2D eigenvalue weighted by atomic mass is 9.45. The van der Waals surface area contributed by atoms with Crippen LogP contribution in [-0.2, 0) is 19.1 Å². The molecule has 0 radical (unpaired) electrons. The van der Waals surface area contributed by atoms with Crippen molar-refractivity contribution in [3.05, 3.63) is 23.6 Å². The molecule has 4 rings (SSSR count). The van der Waals surface area contributed by atoms with E-state index in [0.717, 1.165) is 18.9 Å². The number of allylic oxidation sites excluding steroid dienone is 4. The van der Waals surface area contributed by atoms with Crippen LogP contribution in [0, 0.1) is 34.5 Å². The molecule has 5 nitrogen and oxygen atoms in total. The SMILES string of the molecule is CCCCCC(=O)O[C@]1(C(=O)CCl)[C@@H](C)C[C@H]2[C@@H]3C[C@H](F)C4=C(F)C(=O)C=C[C@]4(C)[C@H]3[C@@H](O)C[C@@]21C. The highest BCUT2D eigenvalue weighted by atomic mass is 35.5. The van der Waals surface area contributed by atoms with Gasteiger partial charge in [-0.25, -0.2) is 8.78 Å². The molecule has 1 N–H and O–H groups in total. The van der Waals surface area contributed by atoms with Crippen LogP contribution in [0.4, 0.5) is 8.78 Å². The topological polar surface area (TPSA) is 80.7 Å². The van der Waals surface area contributed by atoms with Crippen LogP contribution in [0.15, 0.2) is 23.6 Å². The number of unbranched alkanes of at least 4 members (excludes halogenated alkanes) is 2. The first-order valence-electron chi connectivity index (χ1n) is 13.2. The van der Waals surface area contributed by atoms with Crippen LogP contribution in [0.2, 0.25) is 0 Å². The predicted octanol–water partition coefficient (Wildman–Crippen LogP) is 5.43.